The molecule has 1 aliphatic heterocycles. The van der Waals surface area contributed by atoms with Gasteiger partial charge >= 0.3 is 6.03 Å². The number of carbonyl (C=O) groups is 2. The number of amides is 3. The number of halogens is 1. The summed E-state index contributed by atoms with van der Waals surface area (Å²) in [7, 11) is 0. The van der Waals surface area contributed by atoms with Gasteiger partial charge in [0.1, 0.15) is 0 Å². The summed E-state index contributed by atoms with van der Waals surface area (Å²) in [6, 6.07) is 15.0. The van der Waals surface area contributed by atoms with Gasteiger partial charge in [0.05, 0.1) is 10.9 Å². The normalized spacial score (nSPS) is 14.6. The second-order valence-electron chi connectivity index (χ2n) is 6.92. The standard InChI is InChI=1S/C21H20ClN5O2S/c1-13-5-3-4-6-17(13)27-18(15-7-9-16(22)10-8-15)24-25-21(27)30-14(2)19(28)26-12-11-23-20(26)29/h3-10,14H,11-12H2,1-2H3,(H,23,29). The molecule has 1 atom stereocenters. The van der Waals surface area contributed by atoms with Crippen LogP contribution in [-0.2, 0) is 4.79 Å². The summed E-state index contributed by atoms with van der Waals surface area (Å²) in [5.41, 5.74) is 2.83. The Labute approximate surface area is 183 Å². The van der Waals surface area contributed by atoms with Gasteiger partial charge in [-0.15, -0.1) is 10.2 Å². The van der Waals surface area contributed by atoms with Crippen LogP contribution in [0.25, 0.3) is 17.1 Å². The minimum atomic E-state index is -0.501. The molecule has 0 radical (unpaired) electrons. The van der Waals surface area contributed by atoms with Crippen molar-refractivity contribution < 1.29 is 9.59 Å². The summed E-state index contributed by atoms with van der Waals surface area (Å²) >= 11 is 7.32. The van der Waals surface area contributed by atoms with Crippen molar-refractivity contribution in [2.45, 2.75) is 24.3 Å². The number of carbonyl (C=O) groups excluding carboxylic acids is 2. The van der Waals surface area contributed by atoms with E-state index in [1.165, 1.54) is 16.7 Å². The van der Waals surface area contributed by atoms with Crippen LogP contribution in [0.4, 0.5) is 4.79 Å². The Kier molecular flexibility index (Phi) is 5.78. The second kappa shape index (κ2) is 8.49. The van der Waals surface area contributed by atoms with Gasteiger partial charge < -0.3 is 5.32 Å². The number of hydrogen-bond donors (Lipinski definition) is 1. The first-order valence-corrected chi connectivity index (χ1v) is 10.7. The van der Waals surface area contributed by atoms with Crippen molar-refractivity contribution in [3.8, 4) is 17.1 Å². The molecule has 1 saturated heterocycles. The van der Waals surface area contributed by atoms with E-state index in [1.54, 1.807) is 19.1 Å². The lowest BCUT2D eigenvalue weighted by Crippen LogP contribution is -2.39. The summed E-state index contributed by atoms with van der Waals surface area (Å²) in [5, 5.41) is 12.1. The van der Waals surface area contributed by atoms with Crippen molar-refractivity contribution in [2.75, 3.05) is 13.1 Å². The summed E-state index contributed by atoms with van der Waals surface area (Å²) in [6.45, 7) is 4.64. The Morgan fingerprint density at radius 1 is 1.17 bits per heavy atom. The number of imide groups is 1. The van der Waals surface area contributed by atoms with Crippen molar-refractivity contribution in [1.82, 2.24) is 25.0 Å². The molecule has 30 heavy (non-hydrogen) atoms. The Morgan fingerprint density at radius 2 is 1.90 bits per heavy atom. The van der Waals surface area contributed by atoms with E-state index in [1.807, 2.05) is 47.9 Å². The van der Waals surface area contributed by atoms with Crippen LogP contribution in [0.2, 0.25) is 5.02 Å². The fraction of sp³-hybridized carbons (Fsp3) is 0.238. The number of thioether (sulfide) groups is 1. The number of nitrogens with one attached hydrogen (secondary N) is 1. The van der Waals surface area contributed by atoms with Gasteiger partial charge in [0.2, 0.25) is 5.91 Å². The van der Waals surface area contributed by atoms with Crippen LogP contribution in [0.3, 0.4) is 0 Å². The van der Waals surface area contributed by atoms with Crippen LogP contribution in [0.1, 0.15) is 12.5 Å². The Bertz CT molecular complexity index is 1100. The maximum atomic E-state index is 12.8. The molecule has 0 saturated carbocycles. The minimum absolute atomic E-state index is 0.248. The topological polar surface area (TPSA) is 80.1 Å². The molecule has 0 bridgehead atoms. The molecule has 3 aromatic rings. The van der Waals surface area contributed by atoms with Gasteiger partial charge in [-0.3, -0.25) is 14.3 Å². The average molecular weight is 442 g/mol. The van der Waals surface area contributed by atoms with Gasteiger partial charge in [-0.05, 0) is 49.7 Å². The first-order chi connectivity index (χ1) is 14.5. The molecule has 4 rings (SSSR count). The molecule has 3 amide bonds. The highest BCUT2D eigenvalue weighted by Crippen LogP contribution is 2.32. The lowest BCUT2D eigenvalue weighted by molar-refractivity contribution is -0.126. The molecule has 1 fully saturated rings. The highest BCUT2D eigenvalue weighted by molar-refractivity contribution is 8.00. The Morgan fingerprint density at radius 3 is 2.57 bits per heavy atom. The van der Waals surface area contributed by atoms with Gasteiger partial charge in [0, 0.05) is 23.7 Å². The van der Waals surface area contributed by atoms with Crippen molar-refractivity contribution in [3.05, 3.63) is 59.1 Å². The zero-order valence-electron chi connectivity index (χ0n) is 16.5. The quantitative estimate of drug-likeness (QED) is 0.607. The average Bonchev–Trinajstić information content (AvgIpc) is 3.35. The molecule has 1 aliphatic rings. The number of aromatic nitrogens is 3. The fourth-order valence-corrected chi connectivity index (χ4v) is 4.32. The molecule has 2 aromatic carbocycles. The summed E-state index contributed by atoms with van der Waals surface area (Å²) in [5.74, 6) is 0.407. The zero-order chi connectivity index (χ0) is 21.3. The van der Waals surface area contributed by atoms with E-state index < -0.39 is 5.25 Å². The molecule has 9 heteroatoms. The van der Waals surface area contributed by atoms with Crippen LogP contribution in [0.5, 0.6) is 0 Å². The molecule has 1 unspecified atom stereocenters. The van der Waals surface area contributed by atoms with E-state index in [-0.39, 0.29) is 11.9 Å². The first-order valence-electron chi connectivity index (χ1n) is 9.49. The third kappa shape index (κ3) is 3.93. The van der Waals surface area contributed by atoms with Gasteiger partial charge in [-0.2, -0.15) is 0 Å². The van der Waals surface area contributed by atoms with Crippen LogP contribution in [0.15, 0.2) is 53.7 Å². The number of aryl methyl sites for hydroxylation is 1. The number of para-hydroxylation sites is 1. The lowest BCUT2D eigenvalue weighted by Gasteiger charge is -2.18. The van der Waals surface area contributed by atoms with Crippen LogP contribution in [-0.4, -0.2) is 49.9 Å². The van der Waals surface area contributed by atoms with E-state index in [2.05, 4.69) is 15.5 Å². The van der Waals surface area contributed by atoms with Crippen molar-refractivity contribution in [2.24, 2.45) is 0 Å². The highest BCUT2D eigenvalue weighted by atomic mass is 35.5. The molecular weight excluding hydrogens is 422 g/mol. The molecule has 2 heterocycles. The molecule has 0 aliphatic carbocycles. The van der Waals surface area contributed by atoms with Crippen LogP contribution < -0.4 is 5.32 Å². The van der Waals surface area contributed by atoms with E-state index >= 15 is 0 Å². The third-order valence-corrected chi connectivity index (χ3v) is 6.13. The number of hydrogen-bond acceptors (Lipinski definition) is 5. The summed E-state index contributed by atoms with van der Waals surface area (Å²) < 4.78 is 1.94. The maximum Gasteiger partial charge on any atom is 0.324 e. The maximum absolute atomic E-state index is 12.8. The number of urea groups is 1. The second-order valence-corrected chi connectivity index (χ2v) is 8.66. The Balaban J connectivity index is 1.73. The van der Waals surface area contributed by atoms with Crippen molar-refractivity contribution >= 4 is 35.3 Å². The van der Waals surface area contributed by atoms with Crippen molar-refractivity contribution in [3.63, 3.8) is 0 Å². The number of benzene rings is 2. The van der Waals surface area contributed by atoms with E-state index in [9.17, 15) is 9.59 Å². The smallest absolute Gasteiger partial charge is 0.324 e. The monoisotopic (exact) mass is 441 g/mol. The summed E-state index contributed by atoms with van der Waals surface area (Å²) in [4.78, 5) is 25.9. The van der Waals surface area contributed by atoms with Gasteiger partial charge in [0.25, 0.3) is 0 Å². The summed E-state index contributed by atoms with van der Waals surface area (Å²) in [6.07, 6.45) is 0. The third-order valence-electron chi connectivity index (χ3n) is 4.84. The highest BCUT2D eigenvalue weighted by Gasteiger charge is 2.31. The van der Waals surface area contributed by atoms with Gasteiger partial charge in [0.15, 0.2) is 11.0 Å². The molecule has 0 spiro atoms. The molecule has 154 valence electrons. The molecular formula is C21H20ClN5O2S. The molecule has 7 nitrogen and oxygen atoms in total. The van der Waals surface area contributed by atoms with Crippen LogP contribution >= 0.6 is 23.4 Å². The SMILES string of the molecule is Cc1ccccc1-n1c(SC(C)C(=O)N2CCNC2=O)nnc1-c1ccc(Cl)cc1. The van der Waals surface area contributed by atoms with Crippen LogP contribution in [0, 0.1) is 6.92 Å². The minimum Gasteiger partial charge on any atom is -0.336 e. The predicted molar refractivity (Wildman–Crippen MR) is 117 cm³/mol. The molecule has 1 N–H and O–H groups in total. The van der Waals surface area contributed by atoms with Gasteiger partial charge in [-0.1, -0.05) is 41.6 Å². The number of nitrogens with zero attached hydrogens (tertiary/aromatic N) is 4. The van der Waals surface area contributed by atoms with Crippen molar-refractivity contribution in [1.29, 1.82) is 0 Å². The van der Waals surface area contributed by atoms with E-state index in [4.69, 9.17) is 11.6 Å². The number of rotatable bonds is 5. The lowest BCUT2D eigenvalue weighted by atomic mass is 10.1. The van der Waals surface area contributed by atoms with Gasteiger partial charge in [-0.25, -0.2) is 4.79 Å². The van der Waals surface area contributed by atoms with E-state index in [0.717, 1.165) is 16.8 Å². The fourth-order valence-electron chi connectivity index (χ4n) is 3.27. The largest absolute Gasteiger partial charge is 0.336 e. The predicted octanol–water partition coefficient (Wildman–Crippen LogP) is 3.93. The van der Waals surface area contributed by atoms with E-state index in [0.29, 0.717) is 29.1 Å². The Hall–Kier alpha value is -2.84. The first kappa shape index (κ1) is 20.4. The zero-order valence-corrected chi connectivity index (χ0v) is 18.1. The molecule has 1 aromatic heterocycles.